The molecule has 0 heterocycles. The van der Waals surface area contributed by atoms with Gasteiger partial charge >= 0.3 is 5.97 Å². The number of para-hydroxylation sites is 1. The van der Waals surface area contributed by atoms with Gasteiger partial charge in [0.15, 0.2) is 0 Å². The van der Waals surface area contributed by atoms with E-state index in [9.17, 15) is 9.59 Å². The van der Waals surface area contributed by atoms with Crippen molar-refractivity contribution in [2.24, 2.45) is 5.73 Å². The van der Waals surface area contributed by atoms with Crippen LogP contribution in [0.5, 0.6) is 5.75 Å². The van der Waals surface area contributed by atoms with Gasteiger partial charge in [-0.1, -0.05) is 31.4 Å². The summed E-state index contributed by atoms with van der Waals surface area (Å²) in [6, 6.07) is 8.87. The summed E-state index contributed by atoms with van der Waals surface area (Å²) < 4.78 is 4.81. The van der Waals surface area contributed by atoms with Crippen molar-refractivity contribution in [1.29, 1.82) is 0 Å². The van der Waals surface area contributed by atoms with E-state index in [1.165, 1.54) is 0 Å². The van der Waals surface area contributed by atoms with Crippen LogP contribution in [0, 0.1) is 0 Å². The Morgan fingerprint density at radius 2 is 1.86 bits per heavy atom. The third kappa shape index (κ3) is 10.4. The number of carbonyl (C=O) groups is 2. The lowest BCUT2D eigenvalue weighted by atomic mass is 10.1. The average molecular weight is 304 g/mol. The molecule has 0 saturated carbocycles. The molecule has 0 aromatic heterocycles. The summed E-state index contributed by atoms with van der Waals surface area (Å²) in [6.45, 7) is 7.80. The standard InChI is InChI=1S/C9H8O2.C8H16N2O/c1-2-9(10)11-8-6-4-3-5-7-8;1-7(8(9)11)5-4-6-10(2)3/h2-7H,1H2;1,4-6H2,2-3H3,(H2,9,11). The molecule has 0 saturated heterocycles. The van der Waals surface area contributed by atoms with Gasteiger partial charge in [-0.3, -0.25) is 4.79 Å². The molecule has 1 amide bonds. The van der Waals surface area contributed by atoms with Crippen LogP contribution in [0.2, 0.25) is 0 Å². The predicted octanol–water partition coefficient (Wildman–Crippen LogP) is 2.15. The summed E-state index contributed by atoms with van der Waals surface area (Å²) in [7, 11) is 3.99. The van der Waals surface area contributed by atoms with Gasteiger partial charge in [-0.25, -0.2) is 4.79 Å². The van der Waals surface area contributed by atoms with E-state index >= 15 is 0 Å². The van der Waals surface area contributed by atoms with E-state index in [-0.39, 0.29) is 5.91 Å². The van der Waals surface area contributed by atoms with Crippen LogP contribution in [0.4, 0.5) is 0 Å². The maximum absolute atomic E-state index is 10.6. The summed E-state index contributed by atoms with van der Waals surface area (Å²) in [5.41, 5.74) is 5.52. The molecule has 0 fully saturated rings. The molecular weight excluding hydrogens is 280 g/mol. The molecule has 0 aliphatic carbocycles. The van der Waals surface area contributed by atoms with E-state index in [0.29, 0.717) is 17.7 Å². The Balaban J connectivity index is 0.000000401. The molecule has 0 spiro atoms. The van der Waals surface area contributed by atoms with Crippen LogP contribution in [0.1, 0.15) is 12.8 Å². The second-order valence-electron chi connectivity index (χ2n) is 4.81. The number of esters is 1. The quantitative estimate of drug-likeness (QED) is 0.476. The van der Waals surface area contributed by atoms with Gasteiger partial charge in [0.05, 0.1) is 0 Å². The zero-order valence-corrected chi connectivity index (χ0v) is 13.2. The first-order valence-corrected chi connectivity index (χ1v) is 6.88. The van der Waals surface area contributed by atoms with Crippen molar-refractivity contribution in [3.05, 3.63) is 55.1 Å². The highest BCUT2D eigenvalue weighted by Crippen LogP contribution is 2.08. The van der Waals surface area contributed by atoms with Crippen molar-refractivity contribution < 1.29 is 14.3 Å². The molecule has 0 aliphatic rings. The fraction of sp³-hybridized carbons (Fsp3) is 0.294. The lowest BCUT2D eigenvalue weighted by molar-refractivity contribution is -0.129. The molecule has 0 unspecified atom stereocenters. The van der Waals surface area contributed by atoms with Crippen LogP contribution < -0.4 is 10.5 Å². The van der Waals surface area contributed by atoms with Crippen LogP contribution in [-0.2, 0) is 9.59 Å². The fourth-order valence-electron chi connectivity index (χ4n) is 1.38. The minimum atomic E-state index is -0.434. The average Bonchev–Trinajstić information content (AvgIpc) is 2.48. The minimum absolute atomic E-state index is 0.385. The SMILES string of the molecule is C=C(CCCN(C)C)C(N)=O.C=CC(=O)Oc1ccccc1. The number of ether oxygens (including phenoxy) is 1. The van der Waals surface area contributed by atoms with E-state index in [4.69, 9.17) is 10.5 Å². The number of hydrogen-bond donors (Lipinski definition) is 1. The summed E-state index contributed by atoms with van der Waals surface area (Å²) in [5, 5.41) is 0. The highest BCUT2D eigenvalue weighted by Gasteiger charge is 2.00. The molecule has 2 N–H and O–H groups in total. The number of primary amides is 1. The van der Waals surface area contributed by atoms with Crippen molar-refractivity contribution >= 4 is 11.9 Å². The molecule has 22 heavy (non-hydrogen) atoms. The van der Waals surface area contributed by atoms with E-state index in [0.717, 1.165) is 19.0 Å². The van der Waals surface area contributed by atoms with Crippen molar-refractivity contribution in [3.63, 3.8) is 0 Å². The number of hydrogen-bond acceptors (Lipinski definition) is 4. The van der Waals surface area contributed by atoms with Crippen LogP contribution in [0.15, 0.2) is 55.1 Å². The Kier molecular flexibility index (Phi) is 10.0. The zero-order valence-electron chi connectivity index (χ0n) is 13.2. The van der Waals surface area contributed by atoms with Crippen molar-refractivity contribution in [2.75, 3.05) is 20.6 Å². The largest absolute Gasteiger partial charge is 0.423 e. The highest BCUT2D eigenvalue weighted by atomic mass is 16.5. The van der Waals surface area contributed by atoms with E-state index in [1.54, 1.807) is 24.3 Å². The van der Waals surface area contributed by atoms with Crippen LogP contribution in [0.25, 0.3) is 0 Å². The van der Waals surface area contributed by atoms with Crippen molar-refractivity contribution in [3.8, 4) is 5.75 Å². The number of amides is 1. The Bertz CT molecular complexity index is 496. The summed E-state index contributed by atoms with van der Waals surface area (Å²) in [5.74, 6) is -0.280. The number of benzene rings is 1. The maximum Gasteiger partial charge on any atom is 0.335 e. The Morgan fingerprint density at radius 3 is 2.32 bits per heavy atom. The second kappa shape index (κ2) is 11.3. The number of nitrogens with two attached hydrogens (primary N) is 1. The van der Waals surface area contributed by atoms with Gasteiger partial charge in [-0.15, -0.1) is 0 Å². The zero-order chi connectivity index (χ0) is 17.0. The molecule has 120 valence electrons. The summed E-state index contributed by atoms with van der Waals surface area (Å²) in [6.07, 6.45) is 2.77. The number of carbonyl (C=O) groups excluding carboxylic acids is 2. The topological polar surface area (TPSA) is 72.6 Å². The van der Waals surface area contributed by atoms with Gasteiger partial charge in [-0.05, 0) is 45.6 Å². The third-order valence-corrected chi connectivity index (χ3v) is 2.56. The van der Waals surface area contributed by atoms with Gasteiger partial charge in [0.2, 0.25) is 5.91 Å². The van der Waals surface area contributed by atoms with Gasteiger partial charge in [-0.2, -0.15) is 0 Å². The van der Waals surface area contributed by atoms with E-state index < -0.39 is 5.97 Å². The summed E-state index contributed by atoms with van der Waals surface area (Å²) in [4.78, 5) is 23.2. The second-order valence-corrected chi connectivity index (χ2v) is 4.81. The van der Waals surface area contributed by atoms with Gasteiger partial charge in [0.25, 0.3) is 0 Å². The highest BCUT2D eigenvalue weighted by molar-refractivity contribution is 5.91. The molecule has 1 aromatic rings. The van der Waals surface area contributed by atoms with Crippen molar-refractivity contribution in [1.82, 2.24) is 4.90 Å². The molecule has 1 rings (SSSR count). The smallest absolute Gasteiger partial charge is 0.335 e. The molecular formula is C17H24N2O3. The Labute approximate surface area is 132 Å². The first-order chi connectivity index (χ1) is 10.4. The van der Waals surface area contributed by atoms with Gasteiger partial charge in [0, 0.05) is 11.6 Å². The molecule has 0 bridgehead atoms. The first kappa shape index (κ1) is 19.6. The van der Waals surface area contributed by atoms with Crippen LogP contribution >= 0.6 is 0 Å². The number of rotatable bonds is 7. The lowest BCUT2D eigenvalue weighted by Crippen LogP contribution is -2.16. The third-order valence-electron chi connectivity index (χ3n) is 2.56. The van der Waals surface area contributed by atoms with Gasteiger partial charge in [0.1, 0.15) is 5.75 Å². The first-order valence-electron chi connectivity index (χ1n) is 6.88. The minimum Gasteiger partial charge on any atom is -0.423 e. The summed E-state index contributed by atoms with van der Waals surface area (Å²) >= 11 is 0. The van der Waals surface area contributed by atoms with E-state index in [1.807, 2.05) is 20.2 Å². The van der Waals surface area contributed by atoms with E-state index in [2.05, 4.69) is 18.1 Å². The fourth-order valence-corrected chi connectivity index (χ4v) is 1.38. The molecule has 5 nitrogen and oxygen atoms in total. The molecule has 0 radical (unpaired) electrons. The number of nitrogens with zero attached hydrogens (tertiary/aromatic N) is 1. The normalized spacial score (nSPS) is 9.41. The maximum atomic E-state index is 10.6. The molecule has 0 atom stereocenters. The molecule has 5 heteroatoms. The van der Waals surface area contributed by atoms with Crippen molar-refractivity contribution in [2.45, 2.75) is 12.8 Å². The predicted molar refractivity (Wildman–Crippen MR) is 88.4 cm³/mol. The Hall–Kier alpha value is -2.40. The Morgan fingerprint density at radius 1 is 1.27 bits per heavy atom. The molecule has 1 aromatic carbocycles. The van der Waals surface area contributed by atoms with Crippen LogP contribution in [0.3, 0.4) is 0 Å². The molecule has 0 aliphatic heterocycles. The van der Waals surface area contributed by atoms with Crippen LogP contribution in [-0.4, -0.2) is 37.4 Å². The van der Waals surface area contributed by atoms with Gasteiger partial charge < -0.3 is 15.4 Å². The monoisotopic (exact) mass is 304 g/mol. The lowest BCUT2D eigenvalue weighted by Gasteiger charge is -2.08.